The highest BCUT2D eigenvalue weighted by molar-refractivity contribution is 9.10. The molecule has 0 spiro atoms. The first-order chi connectivity index (χ1) is 11.3. The number of fused-ring (bicyclic) bond motifs is 1. The Balaban J connectivity index is 2.04. The number of pyridine rings is 2. The third-order valence-electron chi connectivity index (χ3n) is 3.47. The highest BCUT2D eigenvalue weighted by atomic mass is 79.9. The summed E-state index contributed by atoms with van der Waals surface area (Å²) in [7, 11) is 0. The molecule has 0 saturated heterocycles. The van der Waals surface area contributed by atoms with Crippen molar-refractivity contribution in [1.82, 2.24) is 19.9 Å². The summed E-state index contributed by atoms with van der Waals surface area (Å²) >= 11 is 3.51. The number of nitrogens with zero attached hydrogens (tertiary/aromatic N) is 4. The van der Waals surface area contributed by atoms with E-state index in [1.165, 1.54) is 0 Å². The van der Waals surface area contributed by atoms with E-state index in [2.05, 4.69) is 25.9 Å². The summed E-state index contributed by atoms with van der Waals surface area (Å²) < 4.78 is 0.995. The van der Waals surface area contributed by atoms with Crippen molar-refractivity contribution in [1.29, 1.82) is 0 Å². The summed E-state index contributed by atoms with van der Waals surface area (Å²) in [5.74, 6) is 0. The van der Waals surface area contributed by atoms with Crippen LogP contribution in [-0.2, 0) is 0 Å². The monoisotopic (exact) mass is 362 g/mol. The fourth-order valence-electron chi connectivity index (χ4n) is 2.44. The molecule has 3 heterocycles. The molecule has 0 aliphatic carbocycles. The first-order valence-electron chi connectivity index (χ1n) is 7.10. The van der Waals surface area contributed by atoms with E-state index in [1.807, 2.05) is 48.5 Å². The lowest BCUT2D eigenvalue weighted by atomic mass is 10.1. The van der Waals surface area contributed by atoms with Gasteiger partial charge in [0.25, 0.3) is 0 Å². The Morgan fingerprint density at radius 2 is 1.61 bits per heavy atom. The van der Waals surface area contributed by atoms with Gasteiger partial charge >= 0.3 is 0 Å². The molecule has 0 atom stereocenters. The molecule has 0 bridgehead atoms. The van der Waals surface area contributed by atoms with Crippen LogP contribution in [0.1, 0.15) is 0 Å². The van der Waals surface area contributed by atoms with Crippen molar-refractivity contribution < 1.29 is 0 Å². The Morgan fingerprint density at radius 3 is 2.43 bits per heavy atom. The van der Waals surface area contributed by atoms with Crippen LogP contribution in [0.5, 0.6) is 0 Å². The number of benzene rings is 1. The van der Waals surface area contributed by atoms with E-state index in [-0.39, 0.29) is 0 Å². The third kappa shape index (κ3) is 2.71. The minimum absolute atomic E-state index is 0.634. The maximum Gasteiger partial charge on any atom is 0.178 e. The van der Waals surface area contributed by atoms with Crippen LogP contribution >= 0.6 is 15.9 Å². The van der Waals surface area contributed by atoms with Gasteiger partial charge in [-0.1, -0.05) is 28.1 Å². The van der Waals surface area contributed by atoms with Crippen LogP contribution in [0.4, 0.5) is 0 Å². The lowest BCUT2D eigenvalue weighted by Crippen LogP contribution is -1.97. The van der Waals surface area contributed by atoms with Gasteiger partial charge < -0.3 is 0 Å². The quantitative estimate of drug-likeness (QED) is 0.526. The molecule has 0 fully saturated rings. The van der Waals surface area contributed by atoms with Crippen LogP contribution in [0.15, 0.2) is 71.6 Å². The maximum absolute atomic E-state index is 4.77. The van der Waals surface area contributed by atoms with Crippen molar-refractivity contribution in [3.8, 4) is 22.5 Å². The minimum Gasteiger partial charge on any atom is -0.264 e. The standard InChI is InChI=1S/C18H11BrN4/c19-14-6-1-4-12(10-14)16-17(13-5-2-8-20-11-13)22-15-7-3-9-21-18(15)23-16/h1-11H. The Kier molecular flexibility index (Phi) is 3.55. The Hall–Kier alpha value is -2.66. The van der Waals surface area contributed by atoms with Crippen LogP contribution in [0, 0.1) is 0 Å². The molecule has 0 N–H and O–H groups in total. The molecule has 0 amide bonds. The van der Waals surface area contributed by atoms with Crippen molar-refractivity contribution in [3.63, 3.8) is 0 Å². The molecule has 0 saturated carbocycles. The molecular formula is C18H11BrN4. The molecule has 0 aliphatic rings. The van der Waals surface area contributed by atoms with Crippen LogP contribution in [0.3, 0.4) is 0 Å². The van der Waals surface area contributed by atoms with E-state index in [1.54, 1.807) is 18.6 Å². The molecule has 4 rings (SSSR count). The van der Waals surface area contributed by atoms with Crippen molar-refractivity contribution in [2.45, 2.75) is 0 Å². The van der Waals surface area contributed by atoms with Gasteiger partial charge in [-0.2, -0.15) is 0 Å². The zero-order chi connectivity index (χ0) is 15.6. The second-order valence-corrected chi connectivity index (χ2v) is 5.93. The number of rotatable bonds is 2. The summed E-state index contributed by atoms with van der Waals surface area (Å²) in [5.41, 5.74) is 4.92. The predicted molar refractivity (Wildman–Crippen MR) is 93.7 cm³/mol. The van der Waals surface area contributed by atoms with Crippen LogP contribution in [-0.4, -0.2) is 19.9 Å². The lowest BCUT2D eigenvalue weighted by molar-refractivity contribution is 1.22. The van der Waals surface area contributed by atoms with Crippen molar-refractivity contribution in [2.75, 3.05) is 0 Å². The van der Waals surface area contributed by atoms with Crippen molar-refractivity contribution in [3.05, 3.63) is 71.6 Å². The zero-order valence-electron chi connectivity index (χ0n) is 12.0. The zero-order valence-corrected chi connectivity index (χ0v) is 13.6. The molecule has 0 unspecified atom stereocenters. The smallest absolute Gasteiger partial charge is 0.178 e. The van der Waals surface area contributed by atoms with Crippen LogP contribution in [0.2, 0.25) is 0 Å². The number of hydrogen-bond acceptors (Lipinski definition) is 4. The number of aromatic nitrogens is 4. The SMILES string of the molecule is Brc1cccc(-c2nc3ncccc3nc2-c2cccnc2)c1. The molecular weight excluding hydrogens is 352 g/mol. The molecule has 0 aliphatic heterocycles. The molecule has 23 heavy (non-hydrogen) atoms. The van der Waals surface area contributed by atoms with Gasteiger partial charge in [0, 0.05) is 34.2 Å². The van der Waals surface area contributed by atoms with Gasteiger partial charge in [-0.15, -0.1) is 0 Å². The normalized spacial score (nSPS) is 10.8. The Bertz CT molecular complexity index is 986. The molecule has 4 nitrogen and oxygen atoms in total. The van der Waals surface area contributed by atoms with E-state index in [9.17, 15) is 0 Å². The lowest BCUT2D eigenvalue weighted by Gasteiger charge is -2.10. The van der Waals surface area contributed by atoms with Crippen molar-refractivity contribution in [2.24, 2.45) is 0 Å². The molecule has 4 aromatic rings. The predicted octanol–water partition coefficient (Wildman–Crippen LogP) is 4.52. The average Bonchev–Trinajstić information content (AvgIpc) is 2.61. The summed E-state index contributed by atoms with van der Waals surface area (Å²) in [5, 5.41) is 0. The van der Waals surface area contributed by atoms with Gasteiger partial charge in [0.15, 0.2) is 5.65 Å². The average molecular weight is 363 g/mol. The van der Waals surface area contributed by atoms with Gasteiger partial charge in [-0.3, -0.25) is 4.98 Å². The highest BCUT2D eigenvalue weighted by Gasteiger charge is 2.13. The van der Waals surface area contributed by atoms with Crippen LogP contribution < -0.4 is 0 Å². The van der Waals surface area contributed by atoms with Crippen molar-refractivity contribution >= 4 is 27.1 Å². The summed E-state index contributed by atoms with van der Waals surface area (Å²) in [6, 6.07) is 15.7. The Morgan fingerprint density at radius 1 is 0.783 bits per heavy atom. The molecule has 3 aromatic heterocycles. The van der Waals surface area contributed by atoms with E-state index >= 15 is 0 Å². The fraction of sp³-hybridized carbons (Fsp3) is 0. The number of hydrogen-bond donors (Lipinski definition) is 0. The van der Waals surface area contributed by atoms with Gasteiger partial charge in [0.2, 0.25) is 0 Å². The van der Waals surface area contributed by atoms with E-state index in [0.29, 0.717) is 5.65 Å². The second kappa shape index (κ2) is 5.85. The van der Waals surface area contributed by atoms with E-state index in [0.717, 1.165) is 32.5 Å². The first-order valence-corrected chi connectivity index (χ1v) is 7.90. The summed E-state index contributed by atoms with van der Waals surface area (Å²) in [6.45, 7) is 0. The first kappa shape index (κ1) is 14.0. The molecule has 0 radical (unpaired) electrons. The second-order valence-electron chi connectivity index (χ2n) is 5.02. The minimum atomic E-state index is 0.634. The maximum atomic E-state index is 4.77. The van der Waals surface area contributed by atoms with Gasteiger partial charge in [0.1, 0.15) is 5.52 Å². The fourth-order valence-corrected chi connectivity index (χ4v) is 2.83. The van der Waals surface area contributed by atoms with Gasteiger partial charge in [0.05, 0.1) is 11.4 Å². The number of halogens is 1. The van der Waals surface area contributed by atoms with Gasteiger partial charge in [-0.25, -0.2) is 15.0 Å². The van der Waals surface area contributed by atoms with Gasteiger partial charge in [-0.05, 0) is 36.4 Å². The highest BCUT2D eigenvalue weighted by Crippen LogP contribution is 2.31. The molecule has 5 heteroatoms. The van der Waals surface area contributed by atoms with E-state index < -0.39 is 0 Å². The van der Waals surface area contributed by atoms with Crippen LogP contribution in [0.25, 0.3) is 33.7 Å². The summed E-state index contributed by atoms with van der Waals surface area (Å²) in [4.78, 5) is 18.0. The molecule has 1 aromatic carbocycles. The Labute approximate surface area is 141 Å². The third-order valence-corrected chi connectivity index (χ3v) is 3.97. The van der Waals surface area contributed by atoms with E-state index in [4.69, 9.17) is 9.97 Å². The molecule has 110 valence electrons. The topological polar surface area (TPSA) is 51.6 Å². The largest absolute Gasteiger partial charge is 0.264 e. The summed E-state index contributed by atoms with van der Waals surface area (Å²) in [6.07, 6.45) is 5.28.